The summed E-state index contributed by atoms with van der Waals surface area (Å²) < 4.78 is 13.8. The van der Waals surface area contributed by atoms with Gasteiger partial charge in [0.25, 0.3) is 0 Å². The molecule has 0 aromatic heterocycles. The Kier molecular flexibility index (Phi) is 4.05. The van der Waals surface area contributed by atoms with Crippen LogP contribution < -0.4 is 0 Å². The first kappa shape index (κ1) is 12.4. The zero-order valence-electron chi connectivity index (χ0n) is 9.49. The number of aromatic carboxylic acids is 1. The molecule has 1 saturated carbocycles. The van der Waals surface area contributed by atoms with Crippen LogP contribution in [0.3, 0.4) is 0 Å². The lowest BCUT2D eigenvalue weighted by Crippen LogP contribution is -2.04. The molecule has 1 fully saturated rings. The van der Waals surface area contributed by atoms with Crippen molar-refractivity contribution < 1.29 is 14.3 Å². The van der Waals surface area contributed by atoms with E-state index >= 15 is 0 Å². The summed E-state index contributed by atoms with van der Waals surface area (Å²) in [6.45, 7) is 0. The maximum absolute atomic E-state index is 13.8. The molecular formula is C13H15FO2S. The zero-order valence-corrected chi connectivity index (χ0v) is 10.3. The van der Waals surface area contributed by atoms with Gasteiger partial charge < -0.3 is 5.11 Å². The van der Waals surface area contributed by atoms with E-state index in [4.69, 9.17) is 5.11 Å². The van der Waals surface area contributed by atoms with E-state index in [2.05, 4.69) is 0 Å². The van der Waals surface area contributed by atoms with Gasteiger partial charge in [-0.05, 0) is 24.5 Å². The summed E-state index contributed by atoms with van der Waals surface area (Å²) in [5, 5.41) is 9.44. The van der Waals surface area contributed by atoms with Crippen LogP contribution in [0.4, 0.5) is 4.39 Å². The third-order valence-corrected chi connectivity index (χ3v) is 4.51. The fourth-order valence-corrected chi connectivity index (χ4v) is 3.42. The van der Waals surface area contributed by atoms with E-state index in [1.54, 1.807) is 23.9 Å². The predicted octanol–water partition coefficient (Wildman–Crippen LogP) is 3.70. The van der Waals surface area contributed by atoms with Gasteiger partial charge in [0.2, 0.25) is 0 Å². The lowest BCUT2D eigenvalue weighted by atomic mass is 10.1. The van der Waals surface area contributed by atoms with Crippen molar-refractivity contribution in [1.82, 2.24) is 0 Å². The minimum absolute atomic E-state index is 0.227. The molecule has 2 nitrogen and oxygen atoms in total. The zero-order chi connectivity index (χ0) is 12.3. The second-order valence-corrected chi connectivity index (χ2v) is 5.59. The summed E-state index contributed by atoms with van der Waals surface area (Å²) in [5.41, 5.74) is 0.274. The van der Waals surface area contributed by atoms with Crippen LogP contribution in [-0.4, -0.2) is 16.3 Å². The summed E-state index contributed by atoms with van der Waals surface area (Å²) in [7, 11) is 0. The number of hydrogen-bond donors (Lipinski definition) is 1. The fraction of sp³-hybridized carbons (Fsp3) is 0.462. The number of benzene rings is 1. The summed E-state index contributed by atoms with van der Waals surface area (Å²) >= 11 is 1.74. The van der Waals surface area contributed by atoms with E-state index in [1.807, 2.05) is 0 Å². The molecule has 0 heterocycles. The molecule has 0 amide bonds. The van der Waals surface area contributed by atoms with Crippen molar-refractivity contribution in [1.29, 1.82) is 0 Å². The molecule has 1 N–H and O–H groups in total. The average molecular weight is 254 g/mol. The Labute approximate surface area is 104 Å². The van der Waals surface area contributed by atoms with E-state index in [-0.39, 0.29) is 5.56 Å². The third kappa shape index (κ3) is 3.00. The quantitative estimate of drug-likeness (QED) is 0.890. The molecule has 0 radical (unpaired) electrons. The van der Waals surface area contributed by atoms with Gasteiger partial charge in [-0.2, -0.15) is 11.8 Å². The van der Waals surface area contributed by atoms with Crippen LogP contribution in [-0.2, 0) is 5.75 Å². The second-order valence-electron chi connectivity index (χ2n) is 4.30. The molecule has 0 saturated heterocycles. The van der Waals surface area contributed by atoms with E-state index in [0.29, 0.717) is 16.6 Å². The Bertz CT molecular complexity index is 414. The summed E-state index contributed by atoms with van der Waals surface area (Å²) in [5.74, 6) is -1.21. The van der Waals surface area contributed by atoms with E-state index < -0.39 is 11.8 Å². The predicted molar refractivity (Wildman–Crippen MR) is 66.9 cm³/mol. The van der Waals surface area contributed by atoms with Crippen LogP contribution in [0.1, 0.15) is 41.6 Å². The molecule has 2 rings (SSSR count). The Morgan fingerprint density at radius 3 is 2.76 bits per heavy atom. The number of thioether (sulfide) groups is 1. The van der Waals surface area contributed by atoms with E-state index in [9.17, 15) is 9.18 Å². The van der Waals surface area contributed by atoms with Crippen molar-refractivity contribution in [3.63, 3.8) is 0 Å². The van der Waals surface area contributed by atoms with Gasteiger partial charge in [0.05, 0.1) is 5.56 Å². The second kappa shape index (κ2) is 5.54. The molecule has 0 spiro atoms. The standard InChI is InChI=1S/C13H15FO2S/c14-12-9(4-3-7-11(12)13(15)16)8-17-10-5-1-2-6-10/h3-4,7,10H,1-2,5-6,8H2,(H,15,16). The molecule has 92 valence electrons. The largest absolute Gasteiger partial charge is 0.478 e. The van der Waals surface area contributed by atoms with Crippen LogP contribution in [0.25, 0.3) is 0 Å². The Balaban J connectivity index is 2.04. The number of carbonyl (C=O) groups is 1. The molecule has 1 aromatic carbocycles. The highest BCUT2D eigenvalue weighted by Crippen LogP contribution is 2.32. The van der Waals surface area contributed by atoms with Crippen molar-refractivity contribution in [3.8, 4) is 0 Å². The van der Waals surface area contributed by atoms with E-state index in [0.717, 1.165) is 0 Å². The highest BCUT2D eigenvalue weighted by Gasteiger charge is 2.18. The maximum Gasteiger partial charge on any atom is 0.338 e. The summed E-state index contributed by atoms with van der Waals surface area (Å²) in [6.07, 6.45) is 4.92. The highest BCUT2D eigenvalue weighted by atomic mass is 32.2. The molecule has 0 bridgehead atoms. The van der Waals surface area contributed by atoms with Crippen molar-refractivity contribution in [3.05, 3.63) is 35.1 Å². The van der Waals surface area contributed by atoms with Crippen LogP contribution >= 0.6 is 11.8 Å². The first-order chi connectivity index (χ1) is 8.18. The normalized spacial score (nSPS) is 16.3. The van der Waals surface area contributed by atoms with Crippen molar-refractivity contribution in [2.45, 2.75) is 36.7 Å². The minimum Gasteiger partial charge on any atom is -0.478 e. The Hall–Kier alpha value is -1.03. The molecule has 0 unspecified atom stereocenters. The number of carboxylic acid groups (broad SMARTS) is 1. The van der Waals surface area contributed by atoms with Crippen LogP contribution in [0.2, 0.25) is 0 Å². The molecular weight excluding hydrogens is 239 g/mol. The molecule has 0 aliphatic heterocycles. The minimum atomic E-state index is -1.20. The van der Waals surface area contributed by atoms with Gasteiger partial charge in [-0.3, -0.25) is 0 Å². The number of rotatable bonds is 4. The van der Waals surface area contributed by atoms with Crippen molar-refractivity contribution in [2.24, 2.45) is 0 Å². The highest BCUT2D eigenvalue weighted by molar-refractivity contribution is 7.99. The van der Waals surface area contributed by atoms with Crippen LogP contribution in [0.15, 0.2) is 18.2 Å². The topological polar surface area (TPSA) is 37.3 Å². The van der Waals surface area contributed by atoms with Crippen LogP contribution in [0, 0.1) is 5.82 Å². The fourth-order valence-electron chi connectivity index (χ4n) is 2.12. The Morgan fingerprint density at radius 1 is 1.41 bits per heavy atom. The van der Waals surface area contributed by atoms with Gasteiger partial charge >= 0.3 is 5.97 Å². The van der Waals surface area contributed by atoms with Crippen molar-refractivity contribution >= 4 is 17.7 Å². The SMILES string of the molecule is O=C(O)c1cccc(CSC2CCCC2)c1F. The van der Waals surface area contributed by atoms with Gasteiger partial charge in [-0.15, -0.1) is 0 Å². The molecule has 1 aliphatic carbocycles. The average Bonchev–Trinajstić information content (AvgIpc) is 2.80. The van der Waals surface area contributed by atoms with Gasteiger partial charge in [-0.1, -0.05) is 25.0 Å². The molecule has 1 aromatic rings. The van der Waals surface area contributed by atoms with E-state index in [1.165, 1.54) is 31.7 Å². The Morgan fingerprint density at radius 2 is 2.12 bits per heavy atom. The third-order valence-electron chi connectivity index (χ3n) is 3.09. The van der Waals surface area contributed by atoms with Gasteiger partial charge in [-0.25, -0.2) is 9.18 Å². The number of halogens is 1. The maximum atomic E-state index is 13.8. The molecule has 0 atom stereocenters. The van der Waals surface area contributed by atoms with Crippen LogP contribution in [0.5, 0.6) is 0 Å². The molecule has 17 heavy (non-hydrogen) atoms. The first-order valence-electron chi connectivity index (χ1n) is 5.81. The lowest BCUT2D eigenvalue weighted by Gasteiger charge is -2.10. The first-order valence-corrected chi connectivity index (χ1v) is 6.85. The molecule has 4 heteroatoms. The van der Waals surface area contributed by atoms with Gasteiger partial charge in [0, 0.05) is 11.0 Å². The smallest absolute Gasteiger partial charge is 0.338 e. The summed E-state index contributed by atoms with van der Waals surface area (Å²) in [6, 6.07) is 4.59. The monoisotopic (exact) mass is 254 g/mol. The van der Waals surface area contributed by atoms with Gasteiger partial charge in [0.1, 0.15) is 5.82 Å². The lowest BCUT2D eigenvalue weighted by molar-refractivity contribution is 0.0691. The van der Waals surface area contributed by atoms with Crippen molar-refractivity contribution in [2.75, 3.05) is 0 Å². The summed E-state index contributed by atoms with van der Waals surface area (Å²) in [4.78, 5) is 10.8. The molecule has 1 aliphatic rings. The van der Waals surface area contributed by atoms with Gasteiger partial charge in [0.15, 0.2) is 0 Å². The number of hydrogen-bond acceptors (Lipinski definition) is 2. The number of carboxylic acids is 1.